The minimum atomic E-state index is -0.0258. The first-order valence-electron chi connectivity index (χ1n) is 6.35. The van der Waals surface area contributed by atoms with Crippen LogP contribution < -0.4 is 10.1 Å². The molecule has 0 radical (unpaired) electrons. The molecule has 0 aliphatic rings. The lowest BCUT2D eigenvalue weighted by Crippen LogP contribution is -2.12. The third-order valence-electron chi connectivity index (χ3n) is 2.85. The van der Waals surface area contributed by atoms with Gasteiger partial charge in [0.15, 0.2) is 5.75 Å². The van der Waals surface area contributed by atoms with E-state index in [-0.39, 0.29) is 5.91 Å². The number of anilines is 1. The topological polar surface area (TPSA) is 38.3 Å². The van der Waals surface area contributed by atoms with Crippen LogP contribution in [0, 0.1) is 0 Å². The van der Waals surface area contributed by atoms with Crippen molar-refractivity contribution in [2.24, 2.45) is 0 Å². The van der Waals surface area contributed by atoms with Crippen LogP contribution in [0.25, 0.3) is 0 Å². The Morgan fingerprint density at radius 2 is 2.20 bits per heavy atom. The van der Waals surface area contributed by atoms with Crippen molar-refractivity contribution in [3.05, 3.63) is 45.6 Å². The zero-order valence-corrected chi connectivity index (χ0v) is 12.8. The molecule has 0 unspecified atom stereocenters. The molecule has 1 aromatic carbocycles. The molecule has 0 bridgehead atoms. The van der Waals surface area contributed by atoms with Crippen LogP contribution in [-0.2, 0) is 11.2 Å². The SMILES string of the molecule is COc1c(Cl)cccc1NC(=O)CCCc1cccs1. The summed E-state index contributed by atoms with van der Waals surface area (Å²) in [5.74, 6) is 0.475. The fourth-order valence-corrected chi connectivity index (χ4v) is 2.91. The molecule has 106 valence electrons. The first-order valence-corrected chi connectivity index (χ1v) is 7.61. The van der Waals surface area contributed by atoms with Gasteiger partial charge in [-0.25, -0.2) is 0 Å². The summed E-state index contributed by atoms with van der Waals surface area (Å²) in [5, 5.41) is 5.37. The lowest BCUT2D eigenvalue weighted by Gasteiger charge is -2.11. The number of rotatable bonds is 6. The second-order valence-corrected chi connectivity index (χ2v) is 5.74. The molecule has 0 aliphatic heterocycles. The van der Waals surface area contributed by atoms with Gasteiger partial charge < -0.3 is 10.1 Å². The van der Waals surface area contributed by atoms with Crippen LogP contribution in [0.4, 0.5) is 5.69 Å². The molecule has 20 heavy (non-hydrogen) atoms. The first kappa shape index (κ1) is 14.9. The molecule has 0 atom stereocenters. The van der Waals surface area contributed by atoms with Gasteiger partial charge in [0.05, 0.1) is 17.8 Å². The Balaban J connectivity index is 1.87. The standard InChI is InChI=1S/C15H16ClNO2S/c1-19-15-12(16)7-3-8-13(15)17-14(18)9-2-5-11-6-4-10-20-11/h3-4,6-8,10H,2,5,9H2,1H3,(H,17,18). The molecule has 0 spiro atoms. The molecule has 0 aliphatic carbocycles. The highest BCUT2D eigenvalue weighted by Crippen LogP contribution is 2.32. The molecule has 3 nitrogen and oxygen atoms in total. The third-order valence-corrected chi connectivity index (χ3v) is 4.09. The molecule has 2 rings (SSSR count). The van der Waals surface area contributed by atoms with Crippen LogP contribution in [0.2, 0.25) is 5.02 Å². The van der Waals surface area contributed by atoms with Crippen molar-refractivity contribution in [1.82, 2.24) is 0 Å². The van der Waals surface area contributed by atoms with Crippen molar-refractivity contribution in [3.8, 4) is 5.75 Å². The second kappa shape index (κ2) is 7.31. The van der Waals surface area contributed by atoms with Crippen molar-refractivity contribution in [1.29, 1.82) is 0 Å². The van der Waals surface area contributed by atoms with Crippen LogP contribution in [0.15, 0.2) is 35.7 Å². The van der Waals surface area contributed by atoms with Crippen molar-refractivity contribution < 1.29 is 9.53 Å². The zero-order valence-electron chi connectivity index (χ0n) is 11.2. The summed E-state index contributed by atoms with van der Waals surface area (Å²) in [6.07, 6.45) is 2.24. The summed E-state index contributed by atoms with van der Waals surface area (Å²) in [6, 6.07) is 9.40. The molecule has 1 amide bonds. The number of aryl methyl sites for hydroxylation is 1. The van der Waals surface area contributed by atoms with E-state index in [9.17, 15) is 4.79 Å². The van der Waals surface area contributed by atoms with Gasteiger partial charge in [0, 0.05) is 11.3 Å². The summed E-state index contributed by atoms with van der Waals surface area (Å²) in [6.45, 7) is 0. The number of hydrogen-bond acceptors (Lipinski definition) is 3. The number of benzene rings is 1. The molecule has 0 saturated heterocycles. The van der Waals surface area contributed by atoms with E-state index in [1.165, 1.54) is 12.0 Å². The van der Waals surface area contributed by atoms with Gasteiger partial charge in [-0.2, -0.15) is 0 Å². The maximum Gasteiger partial charge on any atom is 0.224 e. The maximum absolute atomic E-state index is 11.9. The van der Waals surface area contributed by atoms with Gasteiger partial charge in [-0.1, -0.05) is 23.7 Å². The Hall–Kier alpha value is -1.52. The third kappa shape index (κ3) is 3.99. The van der Waals surface area contributed by atoms with Crippen LogP contribution >= 0.6 is 22.9 Å². The van der Waals surface area contributed by atoms with Gasteiger partial charge in [0.2, 0.25) is 5.91 Å². The lowest BCUT2D eigenvalue weighted by molar-refractivity contribution is -0.116. The fraction of sp³-hybridized carbons (Fsp3) is 0.267. The molecule has 1 aromatic heterocycles. The highest BCUT2D eigenvalue weighted by atomic mass is 35.5. The summed E-state index contributed by atoms with van der Waals surface area (Å²) in [7, 11) is 1.54. The summed E-state index contributed by atoms with van der Waals surface area (Å²) in [5.41, 5.74) is 0.612. The Morgan fingerprint density at radius 1 is 1.35 bits per heavy atom. The molecular weight excluding hydrogens is 294 g/mol. The Bertz CT molecular complexity index is 569. The number of carbonyl (C=O) groups excluding carboxylic acids is 1. The van der Waals surface area contributed by atoms with E-state index in [1.807, 2.05) is 11.4 Å². The summed E-state index contributed by atoms with van der Waals surface area (Å²) >= 11 is 7.73. The average Bonchev–Trinajstić information content (AvgIpc) is 2.92. The van der Waals surface area contributed by atoms with Crippen LogP contribution in [-0.4, -0.2) is 13.0 Å². The Morgan fingerprint density at radius 3 is 2.90 bits per heavy atom. The van der Waals surface area contributed by atoms with Crippen LogP contribution in [0.1, 0.15) is 17.7 Å². The van der Waals surface area contributed by atoms with Crippen molar-refractivity contribution >= 4 is 34.5 Å². The predicted molar refractivity (Wildman–Crippen MR) is 83.9 cm³/mol. The molecule has 1 N–H and O–H groups in total. The lowest BCUT2D eigenvalue weighted by atomic mass is 10.2. The van der Waals surface area contributed by atoms with Crippen LogP contribution in [0.3, 0.4) is 0 Å². The molecule has 5 heteroatoms. The highest BCUT2D eigenvalue weighted by molar-refractivity contribution is 7.09. The van der Waals surface area contributed by atoms with Crippen molar-refractivity contribution in [3.63, 3.8) is 0 Å². The number of nitrogens with one attached hydrogen (secondary N) is 1. The van der Waals surface area contributed by atoms with E-state index in [4.69, 9.17) is 16.3 Å². The number of carbonyl (C=O) groups is 1. The van der Waals surface area contributed by atoms with Gasteiger partial charge in [0.1, 0.15) is 0 Å². The number of para-hydroxylation sites is 1. The van der Waals surface area contributed by atoms with E-state index < -0.39 is 0 Å². The minimum absolute atomic E-state index is 0.0258. The van der Waals surface area contributed by atoms with E-state index in [1.54, 1.807) is 29.5 Å². The molecule has 1 heterocycles. The molecule has 0 fully saturated rings. The van der Waals surface area contributed by atoms with Gasteiger partial charge in [-0.3, -0.25) is 4.79 Å². The van der Waals surface area contributed by atoms with Crippen LogP contribution in [0.5, 0.6) is 5.75 Å². The quantitative estimate of drug-likeness (QED) is 0.860. The number of thiophene rings is 1. The molecule has 2 aromatic rings. The van der Waals surface area contributed by atoms with E-state index in [2.05, 4.69) is 11.4 Å². The summed E-state index contributed by atoms with van der Waals surface area (Å²) in [4.78, 5) is 13.2. The Labute approximate surface area is 127 Å². The van der Waals surface area contributed by atoms with Gasteiger partial charge >= 0.3 is 0 Å². The normalized spacial score (nSPS) is 10.3. The van der Waals surface area contributed by atoms with Crippen molar-refractivity contribution in [2.75, 3.05) is 12.4 Å². The maximum atomic E-state index is 11.9. The summed E-state index contributed by atoms with van der Waals surface area (Å²) < 4.78 is 5.20. The number of hydrogen-bond donors (Lipinski definition) is 1. The fourth-order valence-electron chi connectivity index (χ4n) is 1.91. The van der Waals surface area contributed by atoms with Gasteiger partial charge in [-0.05, 0) is 36.4 Å². The van der Waals surface area contributed by atoms with Gasteiger partial charge in [0.25, 0.3) is 0 Å². The monoisotopic (exact) mass is 309 g/mol. The van der Waals surface area contributed by atoms with E-state index >= 15 is 0 Å². The van der Waals surface area contributed by atoms with Gasteiger partial charge in [-0.15, -0.1) is 11.3 Å². The smallest absolute Gasteiger partial charge is 0.224 e. The molecule has 0 saturated carbocycles. The zero-order chi connectivity index (χ0) is 14.4. The first-order chi connectivity index (χ1) is 9.70. The number of amides is 1. The van der Waals surface area contributed by atoms with E-state index in [0.717, 1.165) is 12.8 Å². The average molecular weight is 310 g/mol. The number of ether oxygens (including phenoxy) is 1. The Kier molecular flexibility index (Phi) is 5.44. The van der Waals surface area contributed by atoms with Crippen molar-refractivity contribution in [2.45, 2.75) is 19.3 Å². The number of halogens is 1. The predicted octanol–water partition coefficient (Wildman–Crippen LogP) is 4.37. The highest BCUT2D eigenvalue weighted by Gasteiger charge is 2.10. The number of methoxy groups -OCH3 is 1. The largest absolute Gasteiger partial charge is 0.493 e. The minimum Gasteiger partial charge on any atom is -0.493 e. The molecular formula is C15H16ClNO2S. The van der Waals surface area contributed by atoms with E-state index in [0.29, 0.717) is 22.9 Å². The second-order valence-electron chi connectivity index (χ2n) is 4.30.